The molecule has 0 radical (unpaired) electrons. The number of aryl methyl sites for hydroxylation is 1. The summed E-state index contributed by atoms with van der Waals surface area (Å²) in [7, 11) is 1.62. The van der Waals surface area contributed by atoms with E-state index in [2.05, 4.69) is 85.8 Å². The summed E-state index contributed by atoms with van der Waals surface area (Å²) in [5.74, 6) is 1.79. The quantitative estimate of drug-likeness (QED) is 0.234. The van der Waals surface area contributed by atoms with Gasteiger partial charge in [0, 0.05) is 5.75 Å². The maximum absolute atomic E-state index is 4.08. The van der Waals surface area contributed by atoms with Crippen LogP contribution in [0, 0.1) is 0 Å². The first kappa shape index (κ1) is 19.9. The van der Waals surface area contributed by atoms with Crippen molar-refractivity contribution in [3.8, 4) is 0 Å². The van der Waals surface area contributed by atoms with Gasteiger partial charge in [-0.25, -0.2) is 0 Å². The molecule has 2 rings (SSSR count). The van der Waals surface area contributed by atoms with Crippen LogP contribution in [-0.2, 0) is 6.42 Å². The SMILES string of the molecule is C=CCC(CC)c1ccccc1.SSCCCc1ccccc1. The van der Waals surface area contributed by atoms with Crippen LogP contribution in [0.1, 0.15) is 43.2 Å². The summed E-state index contributed by atoms with van der Waals surface area (Å²) in [6.07, 6.45) is 6.67. The Labute approximate surface area is 151 Å². The first-order valence-electron chi connectivity index (χ1n) is 8.27. The van der Waals surface area contributed by atoms with Crippen molar-refractivity contribution in [2.45, 2.75) is 38.5 Å². The molecular weight excluding hydrogens is 316 g/mol. The minimum absolute atomic E-state index is 0.656. The number of hydrogen-bond acceptors (Lipinski definition) is 2. The van der Waals surface area contributed by atoms with Crippen molar-refractivity contribution < 1.29 is 0 Å². The van der Waals surface area contributed by atoms with Crippen LogP contribution in [0.3, 0.4) is 0 Å². The molecule has 2 heteroatoms. The van der Waals surface area contributed by atoms with Gasteiger partial charge in [-0.05, 0) is 42.7 Å². The van der Waals surface area contributed by atoms with E-state index in [-0.39, 0.29) is 0 Å². The number of rotatable bonds is 8. The summed E-state index contributed by atoms with van der Waals surface area (Å²) >= 11 is 4.08. The summed E-state index contributed by atoms with van der Waals surface area (Å²) in [4.78, 5) is 0. The highest BCUT2D eigenvalue weighted by Crippen LogP contribution is 2.22. The molecule has 0 saturated heterocycles. The lowest BCUT2D eigenvalue weighted by molar-refractivity contribution is 0.675. The molecule has 0 nitrogen and oxygen atoms in total. The second kappa shape index (κ2) is 13.3. The zero-order valence-corrected chi connectivity index (χ0v) is 15.7. The minimum atomic E-state index is 0.656. The van der Waals surface area contributed by atoms with Gasteiger partial charge in [-0.15, -0.1) is 18.2 Å². The molecule has 0 amide bonds. The van der Waals surface area contributed by atoms with Crippen LogP contribution in [0.4, 0.5) is 0 Å². The number of thiol groups is 1. The summed E-state index contributed by atoms with van der Waals surface area (Å²) < 4.78 is 0. The largest absolute Gasteiger partial charge is 0.111 e. The van der Waals surface area contributed by atoms with Crippen LogP contribution in [0.2, 0.25) is 0 Å². The summed E-state index contributed by atoms with van der Waals surface area (Å²) in [5, 5.41) is 0. The second-order valence-electron chi connectivity index (χ2n) is 5.46. The van der Waals surface area contributed by atoms with Gasteiger partial charge in [-0.1, -0.05) is 84.5 Å². The Bertz CT molecular complexity index is 508. The van der Waals surface area contributed by atoms with Crippen LogP contribution in [0.5, 0.6) is 0 Å². The van der Waals surface area contributed by atoms with Crippen LogP contribution in [0.15, 0.2) is 73.3 Å². The maximum atomic E-state index is 4.08. The zero-order valence-electron chi connectivity index (χ0n) is 14.0. The van der Waals surface area contributed by atoms with Crippen LogP contribution < -0.4 is 0 Å². The first-order valence-corrected chi connectivity index (χ1v) is 10.3. The highest BCUT2D eigenvalue weighted by molar-refractivity contribution is 8.68. The molecule has 0 aliphatic rings. The molecule has 0 spiro atoms. The monoisotopic (exact) mass is 344 g/mol. The van der Waals surface area contributed by atoms with Crippen molar-refractivity contribution in [2.75, 3.05) is 5.75 Å². The first-order chi connectivity index (χ1) is 11.3. The Balaban J connectivity index is 0.000000231. The van der Waals surface area contributed by atoms with Gasteiger partial charge in [0.15, 0.2) is 0 Å². The van der Waals surface area contributed by atoms with Crippen molar-refractivity contribution in [1.82, 2.24) is 0 Å². The molecule has 124 valence electrons. The Hall–Kier alpha value is -1.12. The van der Waals surface area contributed by atoms with Crippen molar-refractivity contribution in [3.63, 3.8) is 0 Å². The Kier molecular flexibility index (Phi) is 11.5. The summed E-state index contributed by atoms with van der Waals surface area (Å²) in [5.41, 5.74) is 2.86. The minimum Gasteiger partial charge on any atom is -0.111 e. The smallest absolute Gasteiger partial charge is 0.00376 e. The zero-order chi connectivity index (χ0) is 16.8. The third kappa shape index (κ3) is 8.92. The van der Waals surface area contributed by atoms with Gasteiger partial charge in [-0.3, -0.25) is 0 Å². The molecular formula is C21H28S2. The fourth-order valence-electron chi connectivity index (χ4n) is 2.45. The van der Waals surface area contributed by atoms with Crippen LogP contribution >= 0.6 is 22.5 Å². The second-order valence-corrected chi connectivity index (χ2v) is 6.90. The average molecular weight is 345 g/mol. The van der Waals surface area contributed by atoms with Gasteiger partial charge in [0.25, 0.3) is 0 Å². The van der Waals surface area contributed by atoms with Crippen molar-refractivity contribution >= 4 is 22.5 Å². The molecule has 0 aliphatic heterocycles. The van der Waals surface area contributed by atoms with Gasteiger partial charge in [0.1, 0.15) is 0 Å². The molecule has 0 aliphatic carbocycles. The van der Waals surface area contributed by atoms with E-state index in [1.54, 1.807) is 10.8 Å². The van der Waals surface area contributed by atoms with Crippen molar-refractivity contribution in [3.05, 3.63) is 84.4 Å². The average Bonchev–Trinajstić information content (AvgIpc) is 2.62. The van der Waals surface area contributed by atoms with Crippen LogP contribution in [-0.4, -0.2) is 5.75 Å². The van der Waals surface area contributed by atoms with Crippen molar-refractivity contribution in [2.24, 2.45) is 0 Å². The molecule has 2 aromatic rings. The third-order valence-electron chi connectivity index (χ3n) is 3.76. The van der Waals surface area contributed by atoms with E-state index in [1.807, 2.05) is 6.08 Å². The predicted molar refractivity (Wildman–Crippen MR) is 110 cm³/mol. The molecule has 2 aromatic carbocycles. The summed E-state index contributed by atoms with van der Waals surface area (Å²) in [6, 6.07) is 21.2. The Morgan fingerprint density at radius 1 is 1.04 bits per heavy atom. The lowest BCUT2D eigenvalue weighted by atomic mass is 9.93. The molecule has 0 saturated carbocycles. The standard InChI is InChI=1S/C12H16.C9H12S2/c1-3-8-11(4-2)12-9-6-5-7-10-12;10-11-8-4-7-9-5-2-1-3-6-9/h3,5-7,9-11H,1,4,8H2,2H3;1-3,5-6,10H,4,7-8H2. The number of benzene rings is 2. The van der Waals surface area contributed by atoms with E-state index in [4.69, 9.17) is 0 Å². The Morgan fingerprint density at radius 2 is 1.65 bits per heavy atom. The lowest BCUT2D eigenvalue weighted by Gasteiger charge is -2.11. The molecule has 0 fully saturated rings. The number of hydrogen-bond donors (Lipinski definition) is 1. The molecule has 23 heavy (non-hydrogen) atoms. The van der Waals surface area contributed by atoms with E-state index >= 15 is 0 Å². The topological polar surface area (TPSA) is 0 Å². The van der Waals surface area contributed by atoms with Gasteiger partial charge in [-0.2, -0.15) is 0 Å². The van der Waals surface area contributed by atoms with Gasteiger partial charge in [0.05, 0.1) is 0 Å². The molecule has 1 unspecified atom stereocenters. The van der Waals surface area contributed by atoms with Gasteiger partial charge in [0.2, 0.25) is 0 Å². The molecule has 0 heterocycles. The van der Waals surface area contributed by atoms with Crippen molar-refractivity contribution in [1.29, 1.82) is 0 Å². The highest BCUT2D eigenvalue weighted by atomic mass is 33.1. The van der Waals surface area contributed by atoms with Gasteiger partial charge >= 0.3 is 0 Å². The molecule has 0 N–H and O–H groups in total. The highest BCUT2D eigenvalue weighted by Gasteiger charge is 2.05. The molecule has 0 bridgehead atoms. The fourth-order valence-corrected chi connectivity index (χ4v) is 3.11. The summed E-state index contributed by atoms with van der Waals surface area (Å²) in [6.45, 7) is 6.00. The molecule has 0 aromatic heterocycles. The van der Waals surface area contributed by atoms with E-state index in [9.17, 15) is 0 Å². The fraction of sp³-hybridized carbons (Fsp3) is 0.333. The third-order valence-corrected chi connectivity index (χ3v) is 4.78. The van der Waals surface area contributed by atoms with E-state index in [0.717, 1.165) is 12.2 Å². The molecule has 1 atom stereocenters. The van der Waals surface area contributed by atoms with E-state index < -0.39 is 0 Å². The normalized spacial score (nSPS) is 11.2. The van der Waals surface area contributed by atoms with E-state index in [1.165, 1.54) is 30.4 Å². The Morgan fingerprint density at radius 3 is 2.17 bits per heavy atom. The van der Waals surface area contributed by atoms with Crippen LogP contribution in [0.25, 0.3) is 0 Å². The number of allylic oxidation sites excluding steroid dienone is 1. The van der Waals surface area contributed by atoms with Gasteiger partial charge < -0.3 is 0 Å². The lowest BCUT2D eigenvalue weighted by Crippen LogP contribution is -1.94. The predicted octanol–water partition coefficient (Wildman–Crippen LogP) is 6.95. The maximum Gasteiger partial charge on any atom is 0.00376 e. The van der Waals surface area contributed by atoms with E-state index in [0.29, 0.717) is 5.92 Å².